The second-order valence-electron chi connectivity index (χ2n) is 12.5. The maximum Gasteiger partial charge on any atom is 0.328 e. The summed E-state index contributed by atoms with van der Waals surface area (Å²) in [6, 6.07) is 18.7. The number of nitrogens with zero attached hydrogens (tertiary/aromatic N) is 3. The molecule has 2 atom stereocenters. The maximum absolute atomic E-state index is 13.9. The first-order valence-corrected chi connectivity index (χ1v) is 17.6. The molecule has 2 amide bonds. The fraction of sp³-hybridized carbons (Fsp3) is 0.237. The third kappa shape index (κ3) is 8.01. The van der Waals surface area contributed by atoms with E-state index in [1.54, 1.807) is 50.4 Å². The third-order valence-electron chi connectivity index (χ3n) is 8.64. The Bertz CT molecular complexity index is 2310. The Balaban J connectivity index is 1.44. The van der Waals surface area contributed by atoms with E-state index in [4.69, 9.17) is 13.6 Å². The summed E-state index contributed by atoms with van der Waals surface area (Å²) in [6.45, 7) is 3.09. The van der Waals surface area contributed by atoms with E-state index in [0.717, 1.165) is 4.31 Å². The summed E-state index contributed by atoms with van der Waals surface area (Å²) in [6.07, 6.45) is 1.36. The highest BCUT2D eigenvalue weighted by atomic mass is 32.2. The third-order valence-corrected chi connectivity index (χ3v) is 9.38. The first kappa shape index (κ1) is 37.0. The van der Waals surface area contributed by atoms with Crippen molar-refractivity contribution >= 4 is 51.2 Å². The van der Waals surface area contributed by atoms with Gasteiger partial charge in [0.05, 0.1) is 12.7 Å². The highest BCUT2D eigenvalue weighted by Gasteiger charge is 2.27. The van der Waals surface area contributed by atoms with Crippen LogP contribution in [0.5, 0.6) is 0 Å². The fourth-order valence-corrected chi connectivity index (χ4v) is 6.43. The summed E-state index contributed by atoms with van der Waals surface area (Å²) in [5.41, 5.74) is 4.14. The standard InChI is InChI=1S/C38H36FN5O8S/c1-21(2)33(38(47)50-4)42-31(45)14-16-44(53(48)49)20-25-18-30-28(32(36(46)40-3)34(51-30)22-10-12-26(39)13-11-22)19-27(25)23-7-5-8-24(17-23)37-43-35-29(52-37)9-6-15-41-35/h5-13,15,17-19,21,33H,14,16,20H2,1-4H3,(H,40,46)(H,42,45)(H,48,49)/p-1/t33-/m0/s1. The molecule has 1 unspecified atom stereocenters. The topological polar surface area (TPSA) is 180 Å². The van der Waals surface area contributed by atoms with Gasteiger partial charge >= 0.3 is 5.97 Å². The van der Waals surface area contributed by atoms with E-state index in [2.05, 4.69) is 20.6 Å². The van der Waals surface area contributed by atoms with Crippen molar-refractivity contribution in [2.24, 2.45) is 5.92 Å². The van der Waals surface area contributed by atoms with Gasteiger partial charge in [-0.25, -0.2) is 18.5 Å². The zero-order chi connectivity index (χ0) is 37.8. The molecule has 13 nitrogen and oxygen atoms in total. The number of benzene rings is 3. The van der Waals surface area contributed by atoms with Crippen LogP contribution in [-0.4, -0.2) is 67.6 Å². The number of amides is 2. The molecule has 3 aromatic heterocycles. The number of nitrogens with one attached hydrogen (secondary N) is 2. The van der Waals surface area contributed by atoms with Crippen molar-refractivity contribution in [2.75, 3.05) is 20.7 Å². The van der Waals surface area contributed by atoms with Gasteiger partial charge in [-0.05, 0) is 83.3 Å². The van der Waals surface area contributed by atoms with Crippen LogP contribution in [0.25, 0.3) is 56.1 Å². The largest absolute Gasteiger partial charge is 0.760 e. The molecule has 15 heteroatoms. The monoisotopic (exact) mass is 740 g/mol. The summed E-state index contributed by atoms with van der Waals surface area (Å²) in [5.74, 6) is -1.81. The Morgan fingerprint density at radius 3 is 2.42 bits per heavy atom. The molecule has 6 rings (SSSR count). The van der Waals surface area contributed by atoms with Crippen LogP contribution in [0, 0.1) is 11.7 Å². The van der Waals surface area contributed by atoms with Crippen molar-refractivity contribution in [1.29, 1.82) is 0 Å². The molecule has 0 fully saturated rings. The molecule has 0 aliphatic carbocycles. The van der Waals surface area contributed by atoms with E-state index >= 15 is 0 Å². The molecule has 6 aromatic rings. The number of hydrogen-bond acceptors (Lipinski definition) is 10. The molecule has 0 aliphatic rings. The number of furan rings is 1. The minimum absolute atomic E-state index is 0.196. The molecule has 3 heterocycles. The van der Waals surface area contributed by atoms with Gasteiger partial charge in [-0.2, -0.15) is 4.98 Å². The second kappa shape index (κ2) is 15.9. The lowest BCUT2D eigenvalue weighted by Crippen LogP contribution is -2.45. The molecule has 2 N–H and O–H groups in total. The molecule has 0 saturated carbocycles. The number of oxazole rings is 1. The summed E-state index contributed by atoms with van der Waals surface area (Å²) in [4.78, 5) is 47.2. The molecule has 0 spiro atoms. The number of halogens is 1. The first-order valence-electron chi connectivity index (χ1n) is 16.6. The normalized spacial score (nSPS) is 12.7. The number of esters is 1. The highest BCUT2D eigenvalue weighted by Crippen LogP contribution is 2.39. The van der Waals surface area contributed by atoms with Gasteiger partial charge in [-0.1, -0.05) is 26.0 Å². The SMILES string of the molecule is CNC(=O)c1c(-c2ccc(F)cc2)oc2cc(CN(CCC(=O)N[C@H](C(=O)OC)C(C)C)S(=O)[O-])c(-c3cccc(-c4nc5ncccc5o4)c3)cc12. The van der Waals surface area contributed by atoms with Crippen LogP contribution in [0.4, 0.5) is 4.39 Å². The van der Waals surface area contributed by atoms with Crippen molar-refractivity contribution in [3.8, 4) is 33.9 Å². The van der Waals surface area contributed by atoms with Crippen LogP contribution < -0.4 is 10.6 Å². The van der Waals surface area contributed by atoms with Gasteiger partial charge in [0.15, 0.2) is 11.2 Å². The summed E-state index contributed by atoms with van der Waals surface area (Å²) in [7, 11) is 2.70. The molecule has 0 radical (unpaired) electrons. The summed E-state index contributed by atoms with van der Waals surface area (Å²) < 4.78 is 57.2. The Morgan fingerprint density at radius 2 is 1.74 bits per heavy atom. The van der Waals surface area contributed by atoms with Crippen molar-refractivity contribution < 1.29 is 41.1 Å². The molecule has 0 saturated heterocycles. The first-order chi connectivity index (χ1) is 25.5. The van der Waals surface area contributed by atoms with E-state index in [9.17, 15) is 27.5 Å². The van der Waals surface area contributed by atoms with Gasteiger partial charge in [0.1, 0.15) is 23.2 Å². The smallest absolute Gasteiger partial charge is 0.328 e. The Kier molecular flexibility index (Phi) is 11.1. The van der Waals surface area contributed by atoms with Gasteiger partial charge in [-0.15, -0.1) is 0 Å². The van der Waals surface area contributed by atoms with Crippen molar-refractivity contribution in [3.05, 3.63) is 95.9 Å². The minimum atomic E-state index is -2.78. The Labute approximate surface area is 306 Å². The minimum Gasteiger partial charge on any atom is -0.760 e. The zero-order valence-electron chi connectivity index (χ0n) is 29.2. The Morgan fingerprint density at radius 1 is 0.981 bits per heavy atom. The number of hydrogen-bond donors (Lipinski definition) is 2. The summed E-state index contributed by atoms with van der Waals surface area (Å²) in [5, 5.41) is 5.70. The van der Waals surface area contributed by atoms with Crippen molar-refractivity contribution in [1.82, 2.24) is 24.9 Å². The van der Waals surface area contributed by atoms with E-state index in [1.165, 1.54) is 38.4 Å². The number of fused-ring (bicyclic) bond motifs is 2. The quantitative estimate of drug-likeness (QED) is 0.109. The molecule has 0 aliphatic heterocycles. The van der Waals surface area contributed by atoms with Crippen LogP contribution >= 0.6 is 0 Å². The highest BCUT2D eigenvalue weighted by molar-refractivity contribution is 7.76. The van der Waals surface area contributed by atoms with Crippen LogP contribution in [0.1, 0.15) is 36.2 Å². The van der Waals surface area contributed by atoms with Gasteiger partial charge in [-0.3, -0.25) is 13.8 Å². The van der Waals surface area contributed by atoms with E-state index < -0.39 is 40.9 Å². The van der Waals surface area contributed by atoms with E-state index in [0.29, 0.717) is 50.3 Å². The van der Waals surface area contributed by atoms with Crippen molar-refractivity contribution in [3.63, 3.8) is 0 Å². The fourth-order valence-electron chi connectivity index (χ4n) is 5.94. The van der Waals surface area contributed by atoms with Crippen LogP contribution in [0.3, 0.4) is 0 Å². The second-order valence-corrected chi connectivity index (χ2v) is 13.4. The van der Waals surface area contributed by atoms with Crippen molar-refractivity contribution in [2.45, 2.75) is 32.9 Å². The number of pyridine rings is 1. The number of carbonyl (C=O) groups is 3. The lowest BCUT2D eigenvalue weighted by atomic mass is 9.94. The van der Waals surface area contributed by atoms with Gasteiger partial charge in [0.2, 0.25) is 11.8 Å². The van der Waals surface area contributed by atoms with Gasteiger partial charge in [0, 0.05) is 60.5 Å². The molecule has 3 aromatic carbocycles. The Hall–Kier alpha value is -5.77. The number of aromatic nitrogens is 2. The molecule has 0 bridgehead atoms. The zero-order valence-corrected chi connectivity index (χ0v) is 30.0. The van der Waals surface area contributed by atoms with Crippen LogP contribution in [0.2, 0.25) is 0 Å². The lowest BCUT2D eigenvalue weighted by Gasteiger charge is -2.26. The van der Waals surface area contributed by atoms with Gasteiger partial charge < -0.3 is 28.8 Å². The molecule has 53 heavy (non-hydrogen) atoms. The predicted molar refractivity (Wildman–Crippen MR) is 194 cm³/mol. The maximum atomic E-state index is 13.9. The van der Waals surface area contributed by atoms with E-state index in [-0.39, 0.29) is 42.3 Å². The molecular formula is C38H35FN5O8S-. The molecule has 274 valence electrons. The van der Waals surface area contributed by atoms with Crippen LogP contribution in [-0.2, 0) is 32.1 Å². The van der Waals surface area contributed by atoms with E-state index in [1.807, 2.05) is 18.2 Å². The number of methoxy groups -OCH3 is 1. The number of ether oxygens (including phenoxy) is 1. The lowest BCUT2D eigenvalue weighted by molar-refractivity contribution is -0.146. The number of carbonyl (C=O) groups excluding carboxylic acids is 3. The average Bonchev–Trinajstić information content (AvgIpc) is 3.76. The summed E-state index contributed by atoms with van der Waals surface area (Å²) >= 11 is -2.78. The van der Waals surface area contributed by atoms with Crippen LogP contribution in [0.15, 0.2) is 87.8 Å². The predicted octanol–water partition coefficient (Wildman–Crippen LogP) is 5.77. The number of rotatable bonds is 13. The average molecular weight is 741 g/mol. The van der Waals surface area contributed by atoms with Gasteiger partial charge in [0.25, 0.3) is 5.91 Å². The molecular weight excluding hydrogens is 706 g/mol.